The first-order chi connectivity index (χ1) is 18.1. The molecule has 0 bridgehead atoms. The molecule has 0 aliphatic heterocycles. The summed E-state index contributed by atoms with van der Waals surface area (Å²) in [5.41, 5.74) is 4.41. The smallest absolute Gasteiger partial charge is 0.343 e. The molecule has 0 aromatic heterocycles. The van der Waals surface area contributed by atoms with E-state index in [1.54, 1.807) is 66.7 Å². The number of halogens is 1. The summed E-state index contributed by atoms with van der Waals surface area (Å²) in [6.07, 6.45) is 1.40. The lowest BCUT2D eigenvalue weighted by atomic mass is 10.2. The number of nitrogens with one attached hydrogen (secondary N) is 1. The molecule has 0 spiro atoms. The van der Waals surface area contributed by atoms with Gasteiger partial charge in [0.1, 0.15) is 23.9 Å². The van der Waals surface area contributed by atoms with Crippen LogP contribution in [0.25, 0.3) is 0 Å². The minimum atomic E-state index is -0.494. The van der Waals surface area contributed by atoms with Crippen LogP contribution in [0.5, 0.6) is 17.2 Å². The lowest BCUT2D eigenvalue weighted by molar-refractivity contribution is -0.123. The SMILES string of the molecule is O=C(COc1ccc(OCc2ccccc2)cc1)N/N=C/c1cc(Br)ccc1OC(=O)c1ccccc1. The second kappa shape index (κ2) is 13.0. The molecule has 0 atom stereocenters. The van der Waals surface area contributed by atoms with Crippen LogP contribution in [0, 0.1) is 0 Å². The zero-order chi connectivity index (χ0) is 25.9. The Labute approximate surface area is 222 Å². The first kappa shape index (κ1) is 25.7. The molecule has 0 aliphatic carbocycles. The fourth-order valence-electron chi connectivity index (χ4n) is 3.17. The van der Waals surface area contributed by atoms with Crippen molar-refractivity contribution in [1.82, 2.24) is 5.43 Å². The largest absolute Gasteiger partial charge is 0.489 e. The Hall–Kier alpha value is -4.43. The van der Waals surface area contributed by atoms with Gasteiger partial charge in [-0.15, -0.1) is 0 Å². The fraction of sp³-hybridized carbons (Fsp3) is 0.0690. The number of carbonyl (C=O) groups excluding carboxylic acids is 2. The number of benzene rings is 4. The van der Waals surface area contributed by atoms with Crippen LogP contribution in [0.2, 0.25) is 0 Å². The van der Waals surface area contributed by atoms with Gasteiger partial charge < -0.3 is 14.2 Å². The summed E-state index contributed by atoms with van der Waals surface area (Å²) in [5, 5.41) is 3.97. The van der Waals surface area contributed by atoms with E-state index < -0.39 is 11.9 Å². The summed E-state index contributed by atoms with van der Waals surface area (Å²) in [5.74, 6) is 0.585. The molecule has 0 unspecified atom stereocenters. The van der Waals surface area contributed by atoms with E-state index in [1.165, 1.54) is 6.21 Å². The average molecular weight is 559 g/mol. The highest BCUT2D eigenvalue weighted by Gasteiger charge is 2.11. The molecule has 0 saturated heterocycles. The number of hydrogen-bond acceptors (Lipinski definition) is 6. The van der Waals surface area contributed by atoms with E-state index in [0.717, 1.165) is 10.0 Å². The lowest BCUT2D eigenvalue weighted by Crippen LogP contribution is -2.24. The van der Waals surface area contributed by atoms with Crippen LogP contribution >= 0.6 is 15.9 Å². The topological polar surface area (TPSA) is 86.2 Å². The number of ether oxygens (including phenoxy) is 3. The first-order valence-electron chi connectivity index (χ1n) is 11.3. The molecule has 0 saturated carbocycles. The number of rotatable bonds is 10. The molecule has 0 heterocycles. The second-order valence-corrected chi connectivity index (χ2v) is 8.68. The van der Waals surface area contributed by atoms with E-state index in [-0.39, 0.29) is 6.61 Å². The predicted molar refractivity (Wildman–Crippen MR) is 144 cm³/mol. The van der Waals surface area contributed by atoms with E-state index in [2.05, 4.69) is 26.5 Å². The monoisotopic (exact) mass is 558 g/mol. The van der Waals surface area contributed by atoms with Gasteiger partial charge in [0.25, 0.3) is 5.91 Å². The van der Waals surface area contributed by atoms with Gasteiger partial charge in [-0.3, -0.25) is 4.79 Å². The Bertz CT molecular complexity index is 1360. The van der Waals surface area contributed by atoms with Crippen molar-refractivity contribution in [2.24, 2.45) is 5.10 Å². The second-order valence-electron chi connectivity index (χ2n) is 7.77. The van der Waals surface area contributed by atoms with Gasteiger partial charge in [-0.05, 0) is 60.2 Å². The molecule has 0 fully saturated rings. The molecule has 37 heavy (non-hydrogen) atoms. The van der Waals surface area contributed by atoms with Gasteiger partial charge in [0.2, 0.25) is 0 Å². The van der Waals surface area contributed by atoms with Crippen molar-refractivity contribution in [3.63, 3.8) is 0 Å². The Morgan fingerprint density at radius 3 is 2.16 bits per heavy atom. The molecule has 0 aliphatic rings. The molecule has 1 N–H and O–H groups in total. The summed E-state index contributed by atoms with van der Waals surface area (Å²) in [6, 6.07) is 30.7. The van der Waals surface area contributed by atoms with Crippen LogP contribution in [0.15, 0.2) is 113 Å². The molecule has 4 rings (SSSR count). The zero-order valence-corrected chi connectivity index (χ0v) is 21.3. The highest BCUT2D eigenvalue weighted by atomic mass is 79.9. The molecule has 4 aromatic rings. The zero-order valence-electron chi connectivity index (χ0n) is 19.7. The Morgan fingerprint density at radius 1 is 0.811 bits per heavy atom. The van der Waals surface area contributed by atoms with Gasteiger partial charge in [-0.1, -0.05) is 64.5 Å². The highest BCUT2D eigenvalue weighted by Crippen LogP contribution is 2.23. The number of nitrogens with zero attached hydrogens (tertiary/aromatic N) is 1. The molecular formula is C29H23BrN2O5. The number of hydrogen-bond donors (Lipinski definition) is 1. The van der Waals surface area contributed by atoms with E-state index in [9.17, 15) is 9.59 Å². The average Bonchev–Trinajstić information content (AvgIpc) is 2.93. The van der Waals surface area contributed by atoms with Crippen LogP contribution in [0.4, 0.5) is 0 Å². The van der Waals surface area contributed by atoms with Gasteiger partial charge >= 0.3 is 5.97 Å². The third kappa shape index (κ3) is 8.05. The van der Waals surface area contributed by atoms with Crippen LogP contribution in [-0.4, -0.2) is 24.7 Å². The van der Waals surface area contributed by atoms with E-state index >= 15 is 0 Å². The van der Waals surface area contributed by atoms with Crippen LogP contribution in [-0.2, 0) is 11.4 Å². The third-order valence-electron chi connectivity index (χ3n) is 5.02. The van der Waals surface area contributed by atoms with Crippen molar-refractivity contribution in [2.75, 3.05) is 6.61 Å². The molecule has 8 heteroatoms. The Kier molecular flexibility index (Phi) is 9.04. The molecule has 7 nitrogen and oxygen atoms in total. The van der Waals surface area contributed by atoms with Crippen LogP contribution in [0.1, 0.15) is 21.5 Å². The number of hydrazone groups is 1. The van der Waals surface area contributed by atoms with Crippen molar-refractivity contribution in [1.29, 1.82) is 0 Å². The van der Waals surface area contributed by atoms with Gasteiger partial charge in [0.15, 0.2) is 6.61 Å². The number of carbonyl (C=O) groups is 2. The molecule has 1 amide bonds. The standard InChI is InChI=1S/C29H23BrN2O5/c30-24-11-16-27(37-29(34)22-9-5-2-6-10-22)23(17-24)18-31-32-28(33)20-36-26-14-12-25(13-15-26)35-19-21-7-3-1-4-8-21/h1-18H,19-20H2,(H,32,33)/b31-18+. The Morgan fingerprint density at radius 2 is 1.46 bits per heavy atom. The fourth-order valence-corrected chi connectivity index (χ4v) is 3.55. The maximum atomic E-state index is 12.4. The van der Waals surface area contributed by atoms with Gasteiger partial charge in [-0.25, -0.2) is 10.2 Å². The summed E-state index contributed by atoms with van der Waals surface area (Å²) in [4.78, 5) is 24.6. The van der Waals surface area contributed by atoms with Crippen molar-refractivity contribution < 1.29 is 23.8 Å². The Balaban J connectivity index is 1.26. The van der Waals surface area contributed by atoms with Crippen LogP contribution < -0.4 is 19.6 Å². The number of amides is 1. The molecule has 186 valence electrons. The predicted octanol–water partition coefficient (Wildman–Crippen LogP) is 5.78. The highest BCUT2D eigenvalue weighted by molar-refractivity contribution is 9.10. The van der Waals surface area contributed by atoms with Gasteiger partial charge in [-0.2, -0.15) is 5.10 Å². The van der Waals surface area contributed by atoms with E-state index in [0.29, 0.717) is 35.0 Å². The maximum Gasteiger partial charge on any atom is 0.343 e. The normalized spacial score (nSPS) is 10.6. The van der Waals surface area contributed by atoms with Crippen LogP contribution in [0.3, 0.4) is 0 Å². The number of esters is 1. The summed E-state index contributed by atoms with van der Waals surface area (Å²) in [6.45, 7) is 0.239. The van der Waals surface area contributed by atoms with Gasteiger partial charge in [0.05, 0.1) is 11.8 Å². The lowest BCUT2D eigenvalue weighted by Gasteiger charge is -2.09. The minimum Gasteiger partial charge on any atom is -0.489 e. The van der Waals surface area contributed by atoms with E-state index in [1.807, 2.05) is 36.4 Å². The molecular weight excluding hydrogens is 536 g/mol. The summed E-state index contributed by atoms with van der Waals surface area (Å²) in [7, 11) is 0. The quantitative estimate of drug-likeness (QED) is 0.115. The van der Waals surface area contributed by atoms with Gasteiger partial charge in [0, 0.05) is 10.0 Å². The van der Waals surface area contributed by atoms with E-state index in [4.69, 9.17) is 14.2 Å². The maximum absolute atomic E-state index is 12.4. The van der Waals surface area contributed by atoms with Crippen molar-refractivity contribution >= 4 is 34.0 Å². The summed E-state index contributed by atoms with van der Waals surface area (Å²) < 4.78 is 17.5. The molecule has 4 aromatic carbocycles. The van der Waals surface area contributed by atoms with Crippen molar-refractivity contribution in [3.05, 3.63) is 124 Å². The minimum absolute atomic E-state index is 0.226. The first-order valence-corrected chi connectivity index (χ1v) is 12.1. The van der Waals surface area contributed by atoms with Crippen molar-refractivity contribution in [3.8, 4) is 17.2 Å². The molecule has 0 radical (unpaired) electrons. The summed E-state index contributed by atoms with van der Waals surface area (Å²) >= 11 is 3.39. The van der Waals surface area contributed by atoms with Crippen molar-refractivity contribution in [2.45, 2.75) is 6.61 Å². The third-order valence-corrected chi connectivity index (χ3v) is 5.51.